The van der Waals surface area contributed by atoms with Crippen LogP contribution in [0, 0.1) is 13.8 Å². The van der Waals surface area contributed by atoms with E-state index in [0.717, 1.165) is 31.7 Å². The van der Waals surface area contributed by atoms with E-state index in [9.17, 15) is 0 Å². The lowest BCUT2D eigenvalue weighted by molar-refractivity contribution is 0.531. The minimum absolute atomic E-state index is 1.02. The van der Waals surface area contributed by atoms with E-state index in [1.54, 1.807) is 0 Å². The molecule has 0 saturated carbocycles. The molecular weight excluding hydrogens is 174 g/mol. The zero-order valence-electron chi connectivity index (χ0n) is 9.51. The summed E-state index contributed by atoms with van der Waals surface area (Å²) in [7, 11) is 0. The summed E-state index contributed by atoms with van der Waals surface area (Å²) >= 11 is 0. The zero-order chi connectivity index (χ0) is 10.4. The molecule has 1 heterocycles. The maximum absolute atomic E-state index is 4.42. The summed E-state index contributed by atoms with van der Waals surface area (Å²) in [5.41, 5.74) is 2.38. The molecular formula is C11H21N3. The molecule has 80 valence electrons. The minimum Gasteiger partial charge on any atom is -0.317 e. The van der Waals surface area contributed by atoms with Gasteiger partial charge in [-0.05, 0) is 45.8 Å². The maximum atomic E-state index is 4.42. The van der Waals surface area contributed by atoms with Crippen LogP contribution < -0.4 is 5.32 Å². The Kier molecular flexibility index (Phi) is 4.66. The molecule has 14 heavy (non-hydrogen) atoms. The van der Waals surface area contributed by atoms with Crippen LogP contribution in [0.15, 0.2) is 6.07 Å². The minimum atomic E-state index is 1.02. The summed E-state index contributed by atoms with van der Waals surface area (Å²) in [6.07, 6.45) is 2.36. The lowest BCUT2D eigenvalue weighted by atomic mass is 10.3. The quantitative estimate of drug-likeness (QED) is 0.702. The summed E-state index contributed by atoms with van der Waals surface area (Å²) in [6.45, 7) is 9.58. The van der Waals surface area contributed by atoms with Crippen molar-refractivity contribution in [2.24, 2.45) is 0 Å². The Bertz CT molecular complexity index is 265. The summed E-state index contributed by atoms with van der Waals surface area (Å²) in [5.74, 6) is 0. The second kappa shape index (κ2) is 5.81. The van der Waals surface area contributed by atoms with Crippen molar-refractivity contribution in [1.29, 1.82) is 0 Å². The highest BCUT2D eigenvalue weighted by atomic mass is 15.3. The van der Waals surface area contributed by atoms with Crippen molar-refractivity contribution in [3.8, 4) is 0 Å². The highest BCUT2D eigenvalue weighted by Gasteiger charge is 1.99. The van der Waals surface area contributed by atoms with Gasteiger partial charge >= 0.3 is 0 Å². The summed E-state index contributed by atoms with van der Waals surface area (Å²) < 4.78 is 2.09. The third kappa shape index (κ3) is 3.50. The second-order valence-electron chi connectivity index (χ2n) is 3.75. The summed E-state index contributed by atoms with van der Waals surface area (Å²) in [5, 5.41) is 7.81. The van der Waals surface area contributed by atoms with Crippen LogP contribution in [0.2, 0.25) is 0 Å². The third-order valence-corrected chi connectivity index (χ3v) is 2.25. The fourth-order valence-electron chi connectivity index (χ4n) is 1.56. The number of rotatable bonds is 6. The molecule has 1 rings (SSSR count). The average Bonchev–Trinajstić information content (AvgIpc) is 2.45. The van der Waals surface area contributed by atoms with Crippen molar-refractivity contribution in [3.63, 3.8) is 0 Å². The maximum Gasteiger partial charge on any atom is 0.0596 e. The molecule has 0 aliphatic rings. The molecule has 1 aromatic heterocycles. The lowest BCUT2D eigenvalue weighted by Crippen LogP contribution is -2.18. The number of hydrogen-bond donors (Lipinski definition) is 1. The number of hydrogen-bond acceptors (Lipinski definition) is 2. The summed E-state index contributed by atoms with van der Waals surface area (Å²) in [6, 6.07) is 2.12. The molecule has 0 amide bonds. The lowest BCUT2D eigenvalue weighted by Gasteiger charge is -2.05. The van der Waals surface area contributed by atoms with Crippen LogP contribution in [0.5, 0.6) is 0 Å². The molecule has 0 fully saturated rings. The molecule has 0 atom stereocenters. The SMILES string of the molecule is CCCNCCCn1nc(C)cc1C. The van der Waals surface area contributed by atoms with Gasteiger partial charge in [0.2, 0.25) is 0 Å². The molecule has 0 saturated heterocycles. The predicted molar refractivity (Wildman–Crippen MR) is 59.5 cm³/mol. The zero-order valence-corrected chi connectivity index (χ0v) is 9.51. The van der Waals surface area contributed by atoms with E-state index in [0.29, 0.717) is 0 Å². The Morgan fingerprint density at radius 3 is 2.71 bits per heavy atom. The van der Waals surface area contributed by atoms with Crippen molar-refractivity contribution in [3.05, 3.63) is 17.5 Å². The highest BCUT2D eigenvalue weighted by Crippen LogP contribution is 2.01. The first-order valence-corrected chi connectivity index (χ1v) is 5.46. The van der Waals surface area contributed by atoms with Crippen LogP contribution >= 0.6 is 0 Å². The number of nitrogens with one attached hydrogen (secondary N) is 1. The Balaban J connectivity index is 2.21. The third-order valence-electron chi connectivity index (χ3n) is 2.25. The van der Waals surface area contributed by atoms with E-state index in [4.69, 9.17) is 0 Å². The largest absolute Gasteiger partial charge is 0.317 e. The fraction of sp³-hybridized carbons (Fsp3) is 0.727. The van der Waals surface area contributed by atoms with Crippen LogP contribution in [0.1, 0.15) is 31.2 Å². The molecule has 1 aromatic rings. The van der Waals surface area contributed by atoms with Gasteiger partial charge in [-0.3, -0.25) is 4.68 Å². The van der Waals surface area contributed by atoms with Crippen molar-refractivity contribution in [2.75, 3.05) is 13.1 Å². The molecule has 0 bridgehead atoms. The number of aryl methyl sites for hydroxylation is 3. The Hall–Kier alpha value is -0.830. The van der Waals surface area contributed by atoms with Crippen molar-refractivity contribution in [2.45, 2.75) is 40.2 Å². The van der Waals surface area contributed by atoms with Crippen molar-refractivity contribution >= 4 is 0 Å². The van der Waals surface area contributed by atoms with Gasteiger partial charge in [0, 0.05) is 12.2 Å². The average molecular weight is 195 g/mol. The normalized spacial score (nSPS) is 10.8. The number of nitrogens with zero attached hydrogens (tertiary/aromatic N) is 2. The van der Waals surface area contributed by atoms with Gasteiger partial charge in [-0.25, -0.2) is 0 Å². The molecule has 0 unspecified atom stereocenters. The van der Waals surface area contributed by atoms with Gasteiger partial charge < -0.3 is 5.32 Å². The van der Waals surface area contributed by atoms with Gasteiger partial charge in [-0.2, -0.15) is 5.10 Å². The first-order valence-electron chi connectivity index (χ1n) is 5.46. The molecule has 0 aliphatic heterocycles. The first-order chi connectivity index (χ1) is 6.74. The van der Waals surface area contributed by atoms with E-state index in [-0.39, 0.29) is 0 Å². The topological polar surface area (TPSA) is 29.9 Å². The van der Waals surface area contributed by atoms with Crippen molar-refractivity contribution < 1.29 is 0 Å². The van der Waals surface area contributed by atoms with Gasteiger partial charge in [-0.15, -0.1) is 0 Å². The monoisotopic (exact) mass is 195 g/mol. The molecule has 1 N–H and O–H groups in total. The van der Waals surface area contributed by atoms with E-state index < -0.39 is 0 Å². The van der Waals surface area contributed by atoms with Gasteiger partial charge in [0.25, 0.3) is 0 Å². The fourth-order valence-corrected chi connectivity index (χ4v) is 1.56. The van der Waals surface area contributed by atoms with Crippen LogP contribution in [0.4, 0.5) is 0 Å². The van der Waals surface area contributed by atoms with Crippen LogP contribution in [-0.4, -0.2) is 22.9 Å². The molecule has 0 aliphatic carbocycles. The molecule has 0 spiro atoms. The van der Waals surface area contributed by atoms with Crippen molar-refractivity contribution in [1.82, 2.24) is 15.1 Å². The van der Waals surface area contributed by atoms with Gasteiger partial charge in [-0.1, -0.05) is 6.92 Å². The van der Waals surface area contributed by atoms with E-state index in [2.05, 4.69) is 35.0 Å². The number of aromatic nitrogens is 2. The highest BCUT2D eigenvalue weighted by molar-refractivity contribution is 5.06. The smallest absolute Gasteiger partial charge is 0.0596 e. The van der Waals surface area contributed by atoms with Gasteiger partial charge in [0.1, 0.15) is 0 Å². The van der Waals surface area contributed by atoms with E-state index >= 15 is 0 Å². The summed E-state index contributed by atoms with van der Waals surface area (Å²) in [4.78, 5) is 0. The van der Waals surface area contributed by atoms with E-state index in [1.807, 2.05) is 6.92 Å². The molecule has 3 heteroatoms. The van der Waals surface area contributed by atoms with Crippen LogP contribution in [0.25, 0.3) is 0 Å². The standard InChI is InChI=1S/C11H21N3/c1-4-6-12-7-5-8-14-11(3)9-10(2)13-14/h9,12H,4-8H2,1-3H3. The molecule has 3 nitrogen and oxygen atoms in total. The first kappa shape index (κ1) is 11.2. The Morgan fingerprint density at radius 1 is 1.36 bits per heavy atom. The Morgan fingerprint density at radius 2 is 2.14 bits per heavy atom. The van der Waals surface area contributed by atoms with Crippen LogP contribution in [0.3, 0.4) is 0 Å². The van der Waals surface area contributed by atoms with Gasteiger partial charge in [0.15, 0.2) is 0 Å². The van der Waals surface area contributed by atoms with E-state index in [1.165, 1.54) is 12.1 Å². The predicted octanol–water partition coefficient (Wildman–Crippen LogP) is 1.89. The van der Waals surface area contributed by atoms with Crippen LogP contribution in [-0.2, 0) is 6.54 Å². The van der Waals surface area contributed by atoms with Gasteiger partial charge in [0.05, 0.1) is 5.69 Å². The second-order valence-corrected chi connectivity index (χ2v) is 3.75. The molecule has 0 radical (unpaired) electrons. The Labute approximate surface area is 86.5 Å². The molecule has 0 aromatic carbocycles.